The number of aromatic nitrogens is 4. The summed E-state index contributed by atoms with van der Waals surface area (Å²) in [6.45, 7) is 5.55. The normalized spacial score (nSPS) is 12.6. The number of hydrogen-bond acceptors (Lipinski definition) is 7. The van der Waals surface area contributed by atoms with Crippen LogP contribution in [0, 0.1) is 20.8 Å². The minimum absolute atomic E-state index is 0.304. The van der Waals surface area contributed by atoms with Crippen LogP contribution in [0.5, 0.6) is 11.6 Å². The molecule has 2 aromatic carbocycles. The molecule has 3 heterocycles. The van der Waals surface area contributed by atoms with Gasteiger partial charge in [-0.1, -0.05) is 12.1 Å². The van der Waals surface area contributed by atoms with Crippen molar-refractivity contribution in [3.8, 4) is 17.4 Å². The van der Waals surface area contributed by atoms with Gasteiger partial charge in [0.1, 0.15) is 12.3 Å². The summed E-state index contributed by atoms with van der Waals surface area (Å²) in [4.78, 5) is 38.3. The molecule has 0 unspecified atom stereocenters. The zero-order chi connectivity index (χ0) is 25.4. The first-order valence-corrected chi connectivity index (χ1v) is 11.2. The van der Waals surface area contributed by atoms with Crippen molar-refractivity contribution < 1.29 is 19.1 Å². The number of benzene rings is 2. The fourth-order valence-corrected chi connectivity index (χ4v) is 3.88. The van der Waals surface area contributed by atoms with Crippen LogP contribution in [0.4, 0.5) is 5.69 Å². The predicted molar refractivity (Wildman–Crippen MR) is 130 cm³/mol. The second-order valence-corrected chi connectivity index (χ2v) is 8.35. The number of imide groups is 1. The number of carbonyl (C=O) groups excluding carboxylic acids is 3. The third-order valence-corrected chi connectivity index (χ3v) is 6.04. The standard InChI is InChI=1S/C26H22N6O4/c1-15-16(2)30-32(17(15)3)22-12-13-24(29-28-22)36-19-10-8-18(9-11-19)27-23(33)14-31-25(34)20-6-4-5-7-21(20)26(31)35/h4-13H,14H2,1-3H3,(H,27,33). The minimum atomic E-state index is -0.487. The van der Waals surface area contributed by atoms with E-state index in [0.717, 1.165) is 21.9 Å². The topological polar surface area (TPSA) is 119 Å². The Labute approximate surface area is 206 Å². The predicted octanol–water partition coefficient (Wildman–Crippen LogP) is 3.61. The van der Waals surface area contributed by atoms with Gasteiger partial charge in [0.2, 0.25) is 11.8 Å². The van der Waals surface area contributed by atoms with Gasteiger partial charge in [-0.2, -0.15) is 5.10 Å². The van der Waals surface area contributed by atoms with E-state index < -0.39 is 17.7 Å². The fraction of sp³-hybridized carbons (Fsp3) is 0.154. The van der Waals surface area contributed by atoms with Crippen LogP contribution in [0.15, 0.2) is 60.7 Å². The first-order chi connectivity index (χ1) is 17.3. The zero-order valence-corrected chi connectivity index (χ0v) is 19.8. The molecule has 1 aliphatic heterocycles. The Morgan fingerprint density at radius 3 is 2.11 bits per heavy atom. The van der Waals surface area contributed by atoms with E-state index in [4.69, 9.17) is 4.74 Å². The molecule has 36 heavy (non-hydrogen) atoms. The van der Waals surface area contributed by atoms with Gasteiger partial charge in [-0.15, -0.1) is 10.2 Å². The molecule has 0 spiro atoms. The molecule has 0 saturated heterocycles. The maximum Gasteiger partial charge on any atom is 0.262 e. The van der Waals surface area contributed by atoms with Crippen molar-refractivity contribution in [2.45, 2.75) is 20.8 Å². The summed E-state index contributed by atoms with van der Waals surface area (Å²) in [5, 5.41) is 15.5. The lowest BCUT2D eigenvalue weighted by Crippen LogP contribution is -2.37. The van der Waals surface area contributed by atoms with Crippen molar-refractivity contribution in [1.82, 2.24) is 24.9 Å². The van der Waals surface area contributed by atoms with E-state index in [0.29, 0.717) is 34.3 Å². The smallest absolute Gasteiger partial charge is 0.262 e. The van der Waals surface area contributed by atoms with E-state index in [1.54, 1.807) is 65.3 Å². The van der Waals surface area contributed by atoms with Crippen molar-refractivity contribution in [3.05, 3.63) is 88.7 Å². The molecule has 0 radical (unpaired) electrons. The minimum Gasteiger partial charge on any atom is -0.438 e. The molecule has 0 atom stereocenters. The molecular weight excluding hydrogens is 460 g/mol. The molecule has 0 fully saturated rings. The van der Waals surface area contributed by atoms with E-state index in [1.165, 1.54) is 0 Å². The quantitative estimate of drug-likeness (QED) is 0.417. The Balaban J connectivity index is 1.19. The SMILES string of the molecule is Cc1nn(-c2ccc(Oc3ccc(NC(=O)CN4C(=O)c5ccccc5C4=O)cc3)nn2)c(C)c1C. The molecule has 180 valence electrons. The summed E-state index contributed by atoms with van der Waals surface area (Å²) in [6.07, 6.45) is 0. The maximum atomic E-state index is 12.5. The number of carbonyl (C=O) groups is 3. The van der Waals surface area contributed by atoms with Gasteiger partial charge in [-0.05, 0) is 68.8 Å². The number of ether oxygens (including phenoxy) is 1. The highest BCUT2D eigenvalue weighted by Crippen LogP contribution is 2.24. The molecule has 0 saturated carbocycles. The lowest BCUT2D eigenvalue weighted by molar-refractivity contribution is -0.116. The molecule has 4 aromatic rings. The lowest BCUT2D eigenvalue weighted by Gasteiger charge is -2.14. The number of nitrogens with zero attached hydrogens (tertiary/aromatic N) is 5. The van der Waals surface area contributed by atoms with Gasteiger partial charge < -0.3 is 10.1 Å². The highest BCUT2D eigenvalue weighted by atomic mass is 16.5. The Morgan fingerprint density at radius 2 is 1.56 bits per heavy atom. The highest BCUT2D eigenvalue weighted by molar-refractivity contribution is 6.22. The number of nitrogens with one attached hydrogen (secondary N) is 1. The molecule has 2 aromatic heterocycles. The van der Waals surface area contributed by atoms with Crippen LogP contribution in [-0.4, -0.2) is 49.1 Å². The van der Waals surface area contributed by atoms with Gasteiger partial charge in [0, 0.05) is 17.4 Å². The van der Waals surface area contributed by atoms with E-state index >= 15 is 0 Å². The van der Waals surface area contributed by atoms with Crippen LogP contribution >= 0.6 is 0 Å². The monoisotopic (exact) mass is 482 g/mol. The first kappa shape index (κ1) is 22.9. The Bertz CT molecular complexity index is 1460. The molecule has 5 rings (SSSR count). The summed E-state index contributed by atoms with van der Waals surface area (Å²) in [6, 6.07) is 16.6. The molecular formula is C26H22N6O4. The van der Waals surface area contributed by atoms with Gasteiger partial charge in [-0.25, -0.2) is 4.68 Å². The van der Waals surface area contributed by atoms with E-state index in [9.17, 15) is 14.4 Å². The van der Waals surface area contributed by atoms with E-state index in [2.05, 4.69) is 20.6 Å². The maximum absolute atomic E-state index is 12.5. The number of fused-ring (bicyclic) bond motifs is 1. The second-order valence-electron chi connectivity index (χ2n) is 8.35. The fourth-order valence-electron chi connectivity index (χ4n) is 3.88. The second kappa shape index (κ2) is 9.06. The molecule has 0 bridgehead atoms. The summed E-state index contributed by atoms with van der Waals surface area (Å²) in [5.74, 6) is -0.0489. The van der Waals surface area contributed by atoms with Gasteiger partial charge in [-0.3, -0.25) is 19.3 Å². The molecule has 1 N–H and O–H groups in total. The summed E-state index contributed by atoms with van der Waals surface area (Å²) >= 11 is 0. The third kappa shape index (κ3) is 4.20. The number of anilines is 1. The van der Waals surface area contributed by atoms with Crippen molar-refractivity contribution >= 4 is 23.4 Å². The molecule has 10 heteroatoms. The largest absolute Gasteiger partial charge is 0.438 e. The van der Waals surface area contributed by atoms with Gasteiger partial charge in [0.15, 0.2) is 5.82 Å². The molecule has 3 amide bonds. The Kier molecular flexibility index (Phi) is 5.77. The van der Waals surface area contributed by atoms with Crippen molar-refractivity contribution in [2.75, 3.05) is 11.9 Å². The molecule has 1 aliphatic rings. The van der Waals surface area contributed by atoms with Crippen LogP contribution in [0.1, 0.15) is 37.7 Å². The molecule has 0 aliphatic carbocycles. The summed E-state index contributed by atoms with van der Waals surface area (Å²) in [5.41, 5.74) is 4.13. The highest BCUT2D eigenvalue weighted by Gasteiger charge is 2.36. The van der Waals surface area contributed by atoms with Crippen molar-refractivity contribution in [2.24, 2.45) is 0 Å². The van der Waals surface area contributed by atoms with E-state index in [1.807, 2.05) is 20.8 Å². The Hall–Kier alpha value is -4.86. The van der Waals surface area contributed by atoms with Crippen LogP contribution in [0.2, 0.25) is 0 Å². The van der Waals surface area contributed by atoms with Gasteiger partial charge >= 0.3 is 0 Å². The Morgan fingerprint density at radius 1 is 0.889 bits per heavy atom. The number of hydrogen-bond donors (Lipinski definition) is 1. The third-order valence-electron chi connectivity index (χ3n) is 6.04. The average Bonchev–Trinajstić information content (AvgIpc) is 3.28. The first-order valence-electron chi connectivity index (χ1n) is 11.2. The van der Waals surface area contributed by atoms with Crippen molar-refractivity contribution in [1.29, 1.82) is 0 Å². The van der Waals surface area contributed by atoms with E-state index in [-0.39, 0.29) is 6.54 Å². The van der Waals surface area contributed by atoms with Crippen LogP contribution in [0.25, 0.3) is 5.82 Å². The lowest BCUT2D eigenvalue weighted by atomic mass is 10.1. The number of rotatable bonds is 6. The summed E-state index contributed by atoms with van der Waals surface area (Å²) < 4.78 is 7.48. The molecule has 10 nitrogen and oxygen atoms in total. The van der Waals surface area contributed by atoms with Gasteiger partial charge in [0.25, 0.3) is 11.8 Å². The zero-order valence-electron chi connectivity index (χ0n) is 19.8. The summed E-state index contributed by atoms with van der Waals surface area (Å²) in [7, 11) is 0. The average molecular weight is 483 g/mol. The van der Waals surface area contributed by atoms with Crippen LogP contribution in [-0.2, 0) is 4.79 Å². The van der Waals surface area contributed by atoms with Crippen LogP contribution in [0.3, 0.4) is 0 Å². The van der Waals surface area contributed by atoms with Crippen LogP contribution < -0.4 is 10.1 Å². The van der Waals surface area contributed by atoms with Gasteiger partial charge in [0.05, 0.1) is 16.8 Å². The van der Waals surface area contributed by atoms with Crippen molar-refractivity contribution in [3.63, 3.8) is 0 Å². The number of amides is 3. The number of aryl methyl sites for hydroxylation is 1.